The van der Waals surface area contributed by atoms with Crippen LogP contribution in [0.3, 0.4) is 0 Å². The van der Waals surface area contributed by atoms with Gasteiger partial charge in [0.25, 0.3) is 10.0 Å². The normalized spacial score (nSPS) is 26.3. The van der Waals surface area contributed by atoms with Crippen LogP contribution in [0.2, 0.25) is 0 Å². The van der Waals surface area contributed by atoms with Crippen LogP contribution < -0.4 is 4.72 Å². The molecule has 6 rings (SSSR count). The van der Waals surface area contributed by atoms with Crippen molar-refractivity contribution in [1.29, 1.82) is 0 Å². The summed E-state index contributed by atoms with van der Waals surface area (Å²) in [6.45, 7) is 5.85. The van der Waals surface area contributed by atoms with E-state index in [0.29, 0.717) is 18.9 Å². The highest BCUT2D eigenvalue weighted by Gasteiger charge is 2.43. The summed E-state index contributed by atoms with van der Waals surface area (Å²) in [5.74, 6) is -0.401. The summed E-state index contributed by atoms with van der Waals surface area (Å²) in [4.78, 5) is 2.59. The monoisotopic (exact) mass is 594 g/mol. The van der Waals surface area contributed by atoms with Gasteiger partial charge >= 0.3 is 0 Å². The lowest BCUT2D eigenvalue weighted by atomic mass is 9.89. The van der Waals surface area contributed by atoms with Crippen molar-refractivity contribution < 1.29 is 32.5 Å². The summed E-state index contributed by atoms with van der Waals surface area (Å²) >= 11 is 0. The molecule has 0 amide bonds. The number of benzene rings is 3. The lowest BCUT2D eigenvalue weighted by molar-refractivity contribution is -0.278. The Morgan fingerprint density at radius 2 is 1.62 bits per heavy atom. The third-order valence-electron chi connectivity index (χ3n) is 8.46. The first-order valence-corrected chi connectivity index (χ1v) is 16.0. The molecule has 3 heterocycles. The second-order valence-electron chi connectivity index (χ2n) is 11.3. The molecule has 3 aliphatic rings. The van der Waals surface area contributed by atoms with Crippen molar-refractivity contribution in [3.05, 3.63) is 95.6 Å². The van der Waals surface area contributed by atoms with Crippen LogP contribution in [0.1, 0.15) is 48.8 Å². The van der Waals surface area contributed by atoms with Gasteiger partial charge in [-0.2, -0.15) is 0 Å². The Morgan fingerprint density at radius 3 is 2.31 bits per heavy atom. The van der Waals surface area contributed by atoms with Gasteiger partial charge in [-0.15, -0.1) is 0 Å². The number of nitrogens with zero attached hydrogens (tertiary/aromatic N) is 1. The van der Waals surface area contributed by atoms with E-state index in [-0.39, 0.29) is 29.6 Å². The molecule has 0 saturated carbocycles. The van der Waals surface area contributed by atoms with E-state index in [1.54, 1.807) is 48.5 Å². The van der Waals surface area contributed by atoms with Gasteiger partial charge in [0.15, 0.2) is 12.1 Å². The number of nitrogens with one attached hydrogen (secondary N) is 1. The van der Waals surface area contributed by atoms with Gasteiger partial charge in [-0.3, -0.25) is 4.72 Å². The van der Waals surface area contributed by atoms with Crippen LogP contribution >= 0.6 is 0 Å². The first-order valence-electron chi connectivity index (χ1n) is 14.5. The van der Waals surface area contributed by atoms with Gasteiger partial charge in [0.2, 0.25) is 0 Å². The Labute approximate surface area is 247 Å². The molecule has 10 heteroatoms. The predicted molar refractivity (Wildman–Crippen MR) is 157 cm³/mol. The average Bonchev–Trinajstić information content (AvgIpc) is 3.47. The van der Waals surface area contributed by atoms with E-state index in [1.807, 2.05) is 30.3 Å². The van der Waals surface area contributed by atoms with Crippen LogP contribution in [0, 0.1) is 5.92 Å². The number of aliphatic hydroxyl groups excluding tert-OH is 1. The first kappa shape index (κ1) is 29.3. The number of aliphatic hydroxyl groups is 1. The van der Waals surface area contributed by atoms with Crippen LogP contribution in [0.25, 0.3) is 0 Å². The molecule has 4 atom stereocenters. The Balaban J connectivity index is 1.23. The molecule has 3 saturated heterocycles. The number of anilines is 1. The van der Waals surface area contributed by atoms with Crippen molar-refractivity contribution in [2.24, 2.45) is 5.92 Å². The smallest absolute Gasteiger partial charge is 0.261 e. The Hall–Kier alpha value is -2.83. The fraction of sp³-hybridized carbons (Fsp3) is 0.438. The summed E-state index contributed by atoms with van der Waals surface area (Å²) in [5.41, 5.74) is 3.00. The quantitative estimate of drug-likeness (QED) is 0.390. The van der Waals surface area contributed by atoms with Gasteiger partial charge < -0.3 is 29.0 Å². The van der Waals surface area contributed by atoms with E-state index >= 15 is 0 Å². The maximum Gasteiger partial charge on any atom is 0.261 e. The standard InChI is InChI=1S/C32H38N2O7S/c1-23-29(21-34-16-14-32(15-17-34)38-18-19-39-32)40-31(41-30(23)25-12-10-24(22-35)11-13-25)26-6-5-7-27(20-26)33-42(36,37)28-8-3-2-4-9-28/h2-13,20,23,29-31,33,35H,14-19,21-22H2,1H3/t23-,29+,30+,31+/m0/s1. The van der Waals surface area contributed by atoms with Crippen molar-refractivity contribution >= 4 is 15.7 Å². The minimum atomic E-state index is -3.75. The zero-order valence-corrected chi connectivity index (χ0v) is 24.5. The van der Waals surface area contributed by atoms with Gasteiger partial charge in [-0.05, 0) is 35.4 Å². The average molecular weight is 595 g/mol. The van der Waals surface area contributed by atoms with E-state index in [1.165, 1.54) is 0 Å². The second kappa shape index (κ2) is 12.4. The minimum absolute atomic E-state index is 0.0225. The number of hydrogen-bond acceptors (Lipinski definition) is 8. The van der Waals surface area contributed by atoms with Gasteiger partial charge in [-0.1, -0.05) is 61.5 Å². The van der Waals surface area contributed by atoms with Crippen molar-refractivity contribution in [3.8, 4) is 0 Å². The maximum atomic E-state index is 13.0. The molecular weight excluding hydrogens is 556 g/mol. The number of sulfonamides is 1. The van der Waals surface area contributed by atoms with Crippen LogP contribution in [-0.2, 0) is 35.6 Å². The SMILES string of the molecule is C[C@H]1[C@@H](CN2CCC3(CC2)OCCO3)O[C@@H](c2cccc(NS(=O)(=O)c3ccccc3)c2)O[C@H]1c1ccc(CO)cc1. The molecule has 0 radical (unpaired) electrons. The summed E-state index contributed by atoms with van der Waals surface area (Å²) in [6.07, 6.45) is 0.541. The highest BCUT2D eigenvalue weighted by atomic mass is 32.2. The molecule has 3 fully saturated rings. The predicted octanol–water partition coefficient (Wildman–Crippen LogP) is 4.61. The highest BCUT2D eigenvalue weighted by Crippen LogP contribution is 2.43. The lowest BCUT2D eigenvalue weighted by Crippen LogP contribution is -2.50. The molecule has 224 valence electrons. The molecule has 42 heavy (non-hydrogen) atoms. The molecule has 2 N–H and O–H groups in total. The van der Waals surface area contributed by atoms with Gasteiger partial charge in [0.05, 0.1) is 36.9 Å². The van der Waals surface area contributed by atoms with Crippen LogP contribution in [0.5, 0.6) is 0 Å². The summed E-state index contributed by atoms with van der Waals surface area (Å²) < 4.78 is 53.7. The fourth-order valence-corrected chi connectivity index (χ4v) is 7.08. The minimum Gasteiger partial charge on any atom is -0.392 e. The van der Waals surface area contributed by atoms with Crippen LogP contribution in [-0.4, -0.2) is 63.2 Å². The zero-order valence-electron chi connectivity index (χ0n) is 23.7. The van der Waals surface area contributed by atoms with Crippen LogP contribution in [0.15, 0.2) is 83.8 Å². The Morgan fingerprint density at radius 1 is 0.905 bits per heavy atom. The molecule has 0 bridgehead atoms. The molecular formula is C32H38N2O7S. The van der Waals surface area contributed by atoms with Crippen molar-refractivity contribution in [3.63, 3.8) is 0 Å². The number of hydrogen-bond donors (Lipinski definition) is 2. The van der Waals surface area contributed by atoms with E-state index in [9.17, 15) is 13.5 Å². The molecule has 0 aliphatic carbocycles. The van der Waals surface area contributed by atoms with Crippen molar-refractivity contribution in [1.82, 2.24) is 4.90 Å². The van der Waals surface area contributed by atoms with Crippen LogP contribution in [0.4, 0.5) is 5.69 Å². The number of piperidine rings is 1. The molecule has 0 unspecified atom stereocenters. The first-order chi connectivity index (χ1) is 20.3. The molecule has 9 nitrogen and oxygen atoms in total. The van der Waals surface area contributed by atoms with Gasteiger partial charge in [0.1, 0.15) is 0 Å². The Kier molecular flexibility index (Phi) is 8.65. The third-order valence-corrected chi connectivity index (χ3v) is 9.85. The summed E-state index contributed by atoms with van der Waals surface area (Å²) in [7, 11) is -3.75. The maximum absolute atomic E-state index is 13.0. The van der Waals surface area contributed by atoms with Gasteiger partial charge in [-0.25, -0.2) is 8.42 Å². The van der Waals surface area contributed by atoms with E-state index in [4.69, 9.17) is 18.9 Å². The lowest BCUT2D eigenvalue weighted by Gasteiger charge is -2.44. The summed E-state index contributed by atoms with van der Waals surface area (Å²) in [5, 5.41) is 9.54. The largest absolute Gasteiger partial charge is 0.392 e. The third kappa shape index (κ3) is 6.40. The number of likely N-dealkylation sites (tertiary alicyclic amines) is 1. The molecule has 3 aliphatic heterocycles. The second-order valence-corrected chi connectivity index (χ2v) is 13.0. The highest BCUT2D eigenvalue weighted by molar-refractivity contribution is 7.92. The van der Waals surface area contributed by atoms with Crippen molar-refractivity contribution in [2.75, 3.05) is 37.6 Å². The molecule has 0 aromatic heterocycles. The van der Waals surface area contributed by atoms with E-state index in [0.717, 1.165) is 49.2 Å². The topological polar surface area (TPSA) is 107 Å². The molecule has 1 spiro atoms. The molecule has 3 aromatic rings. The fourth-order valence-electron chi connectivity index (χ4n) is 6.01. The number of rotatable bonds is 8. The zero-order chi connectivity index (χ0) is 29.2. The number of ether oxygens (including phenoxy) is 4. The van der Waals surface area contributed by atoms with Gasteiger partial charge in [0, 0.05) is 49.6 Å². The summed E-state index contributed by atoms with van der Waals surface area (Å²) in [6, 6.07) is 23.3. The Bertz CT molecular complexity index is 1440. The van der Waals surface area contributed by atoms with E-state index in [2.05, 4.69) is 16.5 Å². The van der Waals surface area contributed by atoms with E-state index < -0.39 is 22.1 Å². The molecule has 3 aromatic carbocycles. The van der Waals surface area contributed by atoms with Crippen molar-refractivity contribution in [2.45, 2.75) is 55.6 Å².